The van der Waals surface area contributed by atoms with Gasteiger partial charge in [-0.2, -0.15) is 0 Å². The van der Waals surface area contributed by atoms with Crippen LogP contribution in [0, 0.1) is 6.92 Å². The molecule has 0 aliphatic heterocycles. The molecule has 1 aromatic carbocycles. The first-order valence-electron chi connectivity index (χ1n) is 5.68. The summed E-state index contributed by atoms with van der Waals surface area (Å²) in [4.78, 5) is 2.33. The summed E-state index contributed by atoms with van der Waals surface area (Å²) in [6.07, 6.45) is -4.66. The van der Waals surface area contributed by atoms with Gasteiger partial charge >= 0.3 is 6.36 Å². The Morgan fingerprint density at radius 2 is 1.90 bits per heavy atom. The molecule has 0 unspecified atom stereocenters. The van der Waals surface area contributed by atoms with E-state index in [1.807, 2.05) is 13.0 Å². The van der Waals surface area contributed by atoms with Crippen molar-refractivity contribution in [3.63, 3.8) is 0 Å². The highest BCUT2D eigenvalue weighted by Gasteiger charge is 2.30. The van der Waals surface area contributed by atoms with Crippen LogP contribution in [0.4, 0.5) is 18.9 Å². The maximum atomic E-state index is 12.0. The molecule has 1 aromatic heterocycles. The Morgan fingerprint density at radius 3 is 2.40 bits per heavy atom. The third-order valence-electron chi connectivity index (χ3n) is 2.46. The Hall–Kier alpha value is -1.21. The second-order valence-electron chi connectivity index (χ2n) is 4.04. The van der Waals surface area contributed by atoms with Crippen molar-refractivity contribution in [2.75, 3.05) is 5.32 Å². The third-order valence-corrected chi connectivity index (χ3v) is 4.60. The summed E-state index contributed by atoms with van der Waals surface area (Å²) in [5.41, 5.74) is 0.738. The summed E-state index contributed by atoms with van der Waals surface area (Å²) in [6.45, 7) is 2.64. The van der Waals surface area contributed by atoms with Gasteiger partial charge in [0.05, 0.1) is 0 Å². The van der Waals surface area contributed by atoms with Crippen LogP contribution in [-0.4, -0.2) is 6.36 Å². The SMILES string of the molecule is Cc1sc(CNc2ccc(OC(F)(F)F)cc2)cc1Br. The summed E-state index contributed by atoms with van der Waals surface area (Å²) < 4.78 is 40.9. The van der Waals surface area contributed by atoms with E-state index >= 15 is 0 Å². The largest absolute Gasteiger partial charge is 0.573 e. The molecule has 0 saturated heterocycles. The number of anilines is 1. The van der Waals surface area contributed by atoms with Gasteiger partial charge in [-0.15, -0.1) is 24.5 Å². The van der Waals surface area contributed by atoms with E-state index in [1.54, 1.807) is 23.5 Å². The van der Waals surface area contributed by atoms with Crippen LogP contribution in [0.25, 0.3) is 0 Å². The Balaban J connectivity index is 1.94. The molecule has 0 saturated carbocycles. The smallest absolute Gasteiger partial charge is 0.406 e. The summed E-state index contributed by atoms with van der Waals surface area (Å²) >= 11 is 5.10. The van der Waals surface area contributed by atoms with Crippen molar-refractivity contribution >= 4 is 33.0 Å². The third kappa shape index (κ3) is 4.42. The predicted octanol–water partition coefficient (Wildman–Crippen LogP) is 5.33. The van der Waals surface area contributed by atoms with E-state index in [-0.39, 0.29) is 5.75 Å². The van der Waals surface area contributed by atoms with Crippen molar-refractivity contribution in [2.24, 2.45) is 0 Å². The fraction of sp³-hybridized carbons (Fsp3) is 0.231. The number of ether oxygens (including phenoxy) is 1. The minimum atomic E-state index is -4.66. The molecule has 0 spiro atoms. The highest BCUT2D eigenvalue weighted by atomic mass is 79.9. The van der Waals surface area contributed by atoms with Gasteiger partial charge in [-0.1, -0.05) is 0 Å². The van der Waals surface area contributed by atoms with Gasteiger partial charge < -0.3 is 10.1 Å². The van der Waals surface area contributed by atoms with Crippen molar-refractivity contribution in [1.29, 1.82) is 0 Å². The van der Waals surface area contributed by atoms with Crippen LogP contribution in [0.1, 0.15) is 9.75 Å². The first-order valence-corrected chi connectivity index (χ1v) is 7.29. The number of aryl methyl sites for hydroxylation is 1. The van der Waals surface area contributed by atoms with Gasteiger partial charge in [-0.25, -0.2) is 0 Å². The first-order chi connectivity index (χ1) is 9.33. The summed E-state index contributed by atoms with van der Waals surface area (Å²) in [6, 6.07) is 7.69. The first kappa shape index (κ1) is 15.2. The average Bonchev–Trinajstić information content (AvgIpc) is 2.66. The van der Waals surface area contributed by atoms with E-state index in [0.29, 0.717) is 6.54 Å². The molecule has 0 aliphatic carbocycles. The molecule has 0 aliphatic rings. The Bertz CT molecular complexity index is 561. The molecular formula is C13H11BrF3NOS. The molecule has 2 nitrogen and oxygen atoms in total. The van der Waals surface area contributed by atoms with Gasteiger partial charge in [-0.3, -0.25) is 0 Å². The van der Waals surface area contributed by atoms with E-state index in [2.05, 4.69) is 26.0 Å². The van der Waals surface area contributed by atoms with Gasteiger partial charge in [0.1, 0.15) is 5.75 Å². The van der Waals surface area contributed by atoms with Crippen LogP contribution in [0.2, 0.25) is 0 Å². The van der Waals surface area contributed by atoms with Crippen LogP contribution in [0.5, 0.6) is 5.75 Å². The van der Waals surface area contributed by atoms with Crippen LogP contribution >= 0.6 is 27.3 Å². The second kappa shape index (κ2) is 6.05. The van der Waals surface area contributed by atoms with Gasteiger partial charge in [0.25, 0.3) is 0 Å². The number of rotatable bonds is 4. The highest BCUT2D eigenvalue weighted by molar-refractivity contribution is 9.10. The molecule has 0 radical (unpaired) electrons. The summed E-state index contributed by atoms with van der Waals surface area (Å²) in [5.74, 6) is -0.224. The normalized spacial score (nSPS) is 11.4. The number of benzene rings is 1. The molecule has 7 heteroatoms. The van der Waals surface area contributed by atoms with E-state index in [4.69, 9.17) is 0 Å². The Kier molecular flexibility index (Phi) is 4.59. The van der Waals surface area contributed by atoms with E-state index in [0.717, 1.165) is 15.0 Å². The van der Waals surface area contributed by atoms with Crippen molar-refractivity contribution in [3.05, 3.63) is 44.6 Å². The number of hydrogen-bond donors (Lipinski definition) is 1. The van der Waals surface area contributed by atoms with Gasteiger partial charge in [-0.05, 0) is 53.2 Å². The fourth-order valence-electron chi connectivity index (χ4n) is 1.57. The lowest BCUT2D eigenvalue weighted by Crippen LogP contribution is -2.17. The second-order valence-corrected chi connectivity index (χ2v) is 6.24. The zero-order chi connectivity index (χ0) is 14.8. The lowest BCUT2D eigenvalue weighted by molar-refractivity contribution is -0.274. The molecule has 1 N–H and O–H groups in total. The van der Waals surface area contributed by atoms with Gasteiger partial charge in [0.2, 0.25) is 0 Å². The quantitative estimate of drug-likeness (QED) is 0.790. The average molecular weight is 366 g/mol. The Labute approximate surface area is 126 Å². The van der Waals surface area contributed by atoms with E-state index < -0.39 is 6.36 Å². The lowest BCUT2D eigenvalue weighted by Gasteiger charge is -2.10. The summed E-state index contributed by atoms with van der Waals surface area (Å²) in [5, 5.41) is 3.14. The molecule has 0 bridgehead atoms. The molecule has 0 atom stereocenters. The topological polar surface area (TPSA) is 21.3 Å². The zero-order valence-electron chi connectivity index (χ0n) is 10.4. The van der Waals surface area contributed by atoms with Crippen LogP contribution < -0.4 is 10.1 Å². The molecule has 2 aromatic rings. The highest BCUT2D eigenvalue weighted by Crippen LogP contribution is 2.27. The van der Waals surface area contributed by atoms with Crippen molar-refractivity contribution in [3.8, 4) is 5.75 Å². The van der Waals surface area contributed by atoms with Gasteiger partial charge in [0.15, 0.2) is 0 Å². The maximum Gasteiger partial charge on any atom is 0.573 e. The van der Waals surface area contributed by atoms with Crippen LogP contribution in [0.15, 0.2) is 34.8 Å². The van der Waals surface area contributed by atoms with Crippen molar-refractivity contribution in [1.82, 2.24) is 0 Å². The van der Waals surface area contributed by atoms with E-state index in [9.17, 15) is 13.2 Å². The molecule has 2 rings (SSSR count). The monoisotopic (exact) mass is 365 g/mol. The number of halogens is 4. The van der Waals surface area contributed by atoms with Crippen molar-refractivity contribution in [2.45, 2.75) is 19.8 Å². The molecule has 20 heavy (non-hydrogen) atoms. The number of hydrogen-bond acceptors (Lipinski definition) is 3. The zero-order valence-corrected chi connectivity index (χ0v) is 12.8. The molecule has 1 heterocycles. The van der Waals surface area contributed by atoms with Crippen LogP contribution in [-0.2, 0) is 6.54 Å². The van der Waals surface area contributed by atoms with E-state index in [1.165, 1.54) is 17.0 Å². The van der Waals surface area contributed by atoms with Gasteiger partial charge in [0, 0.05) is 26.5 Å². The maximum absolute atomic E-state index is 12.0. The van der Waals surface area contributed by atoms with Crippen molar-refractivity contribution < 1.29 is 17.9 Å². The molecule has 108 valence electrons. The minimum absolute atomic E-state index is 0.224. The molecular weight excluding hydrogens is 355 g/mol. The predicted molar refractivity (Wildman–Crippen MR) is 77.2 cm³/mol. The number of alkyl halides is 3. The number of nitrogens with one attached hydrogen (secondary N) is 1. The van der Waals surface area contributed by atoms with Crippen LogP contribution in [0.3, 0.4) is 0 Å². The standard InChI is InChI=1S/C13H11BrF3NOS/c1-8-12(14)6-11(20-8)7-18-9-2-4-10(5-3-9)19-13(15,16)17/h2-6,18H,7H2,1H3. The fourth-order valence-corrected chi connectivity index (χ4v) is 3.11. The lowest BCUT2D eigenvalue weighted by atomic mass is 10.3. The molecule has 0 amide bonds. The number of thiophene rings is 1. The minimum Gasteiger partial charge on any atom is -0.406 e. The summed E-state index contributed by atoms with van der Waals surface area (Å²) in [7, 11) is 0. The Morgan fingerprint density at radius 1 is 1.25 bits per heavy atom. The molecule has 0 fully saturated rings.